The van der Waals surface area contributed by atoms with Gasteiger partial charge in [-0.05, 0) is 6.07 Å². The Hall–Kier alpha value is -1.86. The number of halogens is 1. The zero-order valence-corrected chi connectivity index (χ0v) is 15.0. The van der Waals surface area contributed by atoms with Gasteiger partial charge in [0.15, 0.2) is 0 Å². The lowest BCUT2D eigenvalue weighted by molar-refractivity contribution is 0.0948. The van der Waals surface area contributed by atoms with Gasteiger partial charge in [0.25, 0.3) is 5.91 Å². The maximum atomic E-state index is 12.3. The number of carbonyl (C=O) groups excluding carboxylic acids is 1. The van der Waals surface area contributed by atoms with Crippen LogP contribution in [0, 0.1) is 0 Å². The molecule has 6 nitrogen and oxygen atoms in total. The van der Waals surface area contributed by atoms with Gasteiger partial charge in [-0.3, -0.25) is 4.79 Å². The lowest BCUT2D eigenvalue weighted by Crippen LogP contribution is -2.23. The number of benzene rings is 1. The molecular formula is C15H19ClN4O2S. The van der Waals surface area contributed by atoms with Crippen molar-refractivity contribution in [3.05, 3.63) is 32.7 Å². The molecule has 0 atom stereocenters. The first-order chi connectivity index (χ1) is 10.7. The number of nitrogen functional groups attached to an aromatic ring is 1. The second-order valence-corrected chi connectivity index (χ2v) is 7.48. The number of nitrogens with zero attached hydrogens (tertiary/aromatic N) is 2. The van der Waals surface area contributed by atoms with Crippen LogP contribution in [0.15, 0.2) is 12.1 Å². The van der Waals surface area contributed by atoms with Gasteiger partial charge in [-0.15, -0.1) is 10.2 Å². The van der Waals surface area contributed by atoms with Gasteiger partial charge in [-0.25, -0.2) is 0 Å². The third kappa shape index (κ3) is 4.11. The molecule has 8 heteroatoms. The molecule has 3 N–H and O–H groups in total. The van der Waals surface area contributed by atoms with E-state index >= 15 is 0 Å². The molecule has 0 unspecified atom stereocenters. The number of amides is 1. The average Bonchev–Trinajstić information content (AvgIpc) is 2.96. The van der Waals surface area contributed by atoms with E-state index in [0.717, 1.165) is 10.0 Å². The highest BCUT2D eigenvalue weighted by atomic mass is 35.5. The molecule has 1 aromatic heterocycles. The second kappa shape index (κ2) is 6.72. The van der Waals surface area contributed by atoms with Crippen molar-refractivity contribution in [1.29, 1.82) is 0 Å². The second-order valence-electron chi connectivity index (χ2n) is 6.01. The predicted octanol–water partition coefficient (Wildman–Crippen LogP) is 3.01. The number of aromatic nitrogens is 2. The van der Waals surface area contributed by atoms with E-state index in [-0.39, 0.29) is 17.9 Å². The summed E-state index contributed by atoms with van der Waals surface area (Å²) in [5.74, 6) is 0.0632. The Morgan fingerprint density at radius 1 is 1.39 bits per heavy atom. The molecule has 0 spiro atoms. The van der Waals surface area contributed by atoms with Gasteiger partial charge in [-0.2, -0.15) is 0 Å². The molecule has 0 fully saturated rings. The zero-order valence-electron chi connectivity index (χ0n) is 13.4. The van der Waals surface area contributed by atoms with Crippen molar-refractivity contribution in [2.24, 2.45) is 0 Å². The fraction of sp³-hybridized carbons (Fsp3) is 0.400. The van der Waals surface area contributed by atoms with Crippen LogP contribution in [0.1, 0.15) is 41.1 Å². The minimum atomic E-state index is -0.309. The van der Waals surface area contributed by atoms with Crippen molar-refractivity contribution in [1.82, 2.24) is 15.5 Å². The number of ether oxygens (including phenoxy) is 1. The first-order valence-corrected chi connectivity index (χ1v) is 8.16. The molecule has 0 bridgehead atoms. The van der Waals surface area contributed by atoms with Crippen molar-refractivity contribution in [2.75, 3.05) is 12.8 Å². The summed E-state index contributed by atoms with van der Waals surface area (Å²) in [5, 5.41) is 13.0. The third-order valence-electron chi connectivity index (χ3n) is 3.07. The van der Waals surface area contributed by atoms with Gasteiger partial charge in [0.05, 0.1) is 29.9 Å². The standard InChI is InChI=1S/C15H19ClN4O2S/c1-15(2,3)14-20-19-12(23-14)7-18-13(21)8-5-9(16)10(17)6-11(8)22-4/h5-6H,7,17H2,1-4H3,(H,18,21). The van der Waals surface area contributed by atoms with Gasteiger partial charge >= 0.3 is 0 Å². The van der Waals surface area contributed by atoms with Crippen molar-refractivity contribution in [3.63, 3.8) is 0 Å². The summed E-state index contributed by atoms with van der Waals surface area (Å²) in [6.45, 7) is 6.49. The first-order valence-electron chi connectivity index (χ1n) is 6.96. The van der Waals surface area contributed by atoms with Crippen LogP contribution in [-0.4, -0.2) is 23.2 Å². The van der Waals surface area contributed by atoms with E-state index in [0.29, 0.717) is 22.0 Å². The summed E-state index contributed by atoms with van der Waals surface area (Å²) in [7, 11) is 1.47. The number of nitrogens with one attached hydrogen (secondary N) is 1. The third-order valence-corrected chi connectivity index (χ3v) is 4.75. The van der Waals surface area contributed by atoms with Gasteiger partial charge < -0.3 is 15.8 Å². The summed E-state index contributed by atoms with van der Waals surface area (Å²) in [6.07, 6.45) is 0. The van der Waals surface area contributed by atoms with Crippen LogP contribution < -0.4 is 15.8 Å². The topological polar surface area (TPSA) is 90.1 Å². The molecule has 0 saturated carbocycles. The highest BCUT2D eigenvalue weighted by Gasteiger charge is 2.20. The van der Waals surface area contributed by atoms with Gasteiger partial charge in [-0.1, -0.05) is 43.7 Å². The normalized spacial score (nSPS) is 11.3. The van der Waals surface area contributed by atoms with E-state index < -0.39 is 0 Å². The molecule has 0 saturated heterocycles. The minimum Gasteiger partial charge on any atom is -0.496 e. The quantitative estimate of drug-likeness (QED) is 0.824. The molecule has 23 heavy (non-hydrogen) atoms. The highest BCUT2D eigenvalue weighted by molar-refractivity contribution is 7.11. The first kappa shape index (κ1) is 17.5. The average molecular weight is 355 g/mol. The van der Waals surface area contributed by atoms with Crippen LogP contribution in [0.25, 0.3) is 0 Å². The molecule has 1 aromatic carbocycles. The monoisotopic (exact) mass is 354 g/mol. The Morgan fingerprint density at radius 3 is 2.65 bits per heavy atom. The summed E-state index contributed by atoms with van der Waals surface area (Å²) < 4.78 is 5.18. The van der Waals surface area contributed by atoms with E-state index in [1.807, 2.05) is 0 Å². The van der Waals surface area contributed by atoms with E-state index in [2.05, 4.69) is 36.3 Å². The fourth-order valence-electron chi connectivity index (χ4n) is 1.79. The Kier molecular flexibility index (Phi) is 5.11. The van der Waals surface area contributed by atoms with Gasteiger partial charge in [0.2, 0.25) is 0 Å². The van der Waals surface area contributed by atoms with Crippen LogP contribution in [0.3, 0.4) is 0 Å². The fourth-order valence-corrected chi connectivity index (χ4v) is 2.80. The van der Waals surface area contributed by atoms with E-state index in [9.17, 15) is 4.79 Å². The number of rotatable bonds is 4. The SMILES string of the molecule is COc1cc(N)c(Cl)cc1C(=O)NCc1nnc(C(C)(C)C)s1. The maximum absolute atomic E-state index is 12.3. The summed E-state index contributed by atoms with van der Waals surface area (Å²) in [4.78, 5) is 12.3. The smallest absolute Gasteiger partial charge is 0.255 e. The summed E-state index contributed by atoms with van der Waals surface area (Å²) in [5.41, 5.74) is 6.34. The number of carbonyl (C=O) groups is 1. The molecule has 124 valence electrons. The molecule has 1 heterocycles. The zero-order chi connectivity index (χ0) is 17.2. The molecule has 0 aliphatic carbocycles. The van der Waals surface area contributed by atoms with E-state index in [1.165, 1.54) is 30.6 Å². The lowest BCUT2D eigenvalue weighted by Gasteiger charge is -2.12. The van der Waals surface area contributed by atoms with E-state index in [1.54, 1.807) is 0 Å². The van der Waals surface area contributed by atoms with Gasteiger partial charge in [0.1, 0.15) is 15.8 Å². The van der Waals surface area contributed by atoms with Crippen LogP contribution in [0.4, 0.5) is 5.69 Å². The Labute approximate surface area is 144 Å². The van der Waals surface area contributed by atoms with E-state index in [4.69, 9.17) is 22.1 Å². The van der Waals surface area contributed by atoms with Crippen LogP contribution in [-0.2, 0) is 12.0 Å². The largest absolute Gasteiger partial charge is 0.496 e. The highest BCUT2D eigenvalue weighted by Crippen LogP contribution is 2.29. The molecule has 1 amide bonds. The molecular weight excluding hydrogens is 336 g/mol. The van der Waals surface area contributed by atoms with Crippen LogP contribution >= 0.6 is 22.9 Å². The van der Waals surface area contributed by atoms with Gasteiger partial charge in [0, 0.05) is 11.5 Å². The predicted molar refractivity (Wildman–Crippen MR) is 92.2 cm³/mol. The molecule has 2 rings (SSSR count). The number of methoxy groups -OCH3 is 1. The Morgan fingerprint density at radius 2 is 2.09 bits per heavy atom. The molecule has 0 aliphatic rings. The van der Waals surface area contributed by atoms with Crippen LogP contribution in [0.2, 0.25) is 5.02 Å². The molecule has 2 aromatic rings. The van der Waals surface area contributed by atoms with Crippen molar-refractivity contribution >= 4 is 34.5 Å². The summed E-state index contributed by atoms with van der Waals surface area (Å²) >= 11 is 7.45. The number of anilines is 1. The van der Waals surface area contributed by atoms with Crippen molar-refractivity contribution in [2.45, 2.75) is 32.7 Å². The number of nitrogens with two attached hydrogens (primary N) is 1. The van der Waals surface area contributed by atoms with Crippen LogP contribution in [0.5, 0.6) is 5.75 Å². The molecule has 0 aliphatic heterocycles. The van der Waals surface area contributed by atoms with Crippen molar-refractivity contribution < 1.29 is 9.53 Å². The van der Waals surface area contributed by atoms with Crippen molar-refractivity contribution in [3.8, 4) is 5.75 Å². The molecule has 0 radical (unpaired) electrons. The Bertz CT molecular complexity index is 725. The summed E-state index contributed by atoms with van der Waals surface area (Å²) in [6, 6.07) is 3.02. The minimum absolute atomic E-state index is 0.0619. The number of hydrogen-bond donors (Lipinski definition) is 2. The number of hydrogen-bond acceptors (Lipinski definition) is 6. The maximum Gasteiger partial charge on any atom is 0.255 e. The lowest BCUT2D eigenvalue weighted by atomic mass is 9.98. The Balaban J connectivity index is 2.11.